The van der Waals surface area contributed by atoms with Crippen LogP contribution in [0, 0.1) is 6.92 Å². The zero-order valence-corrected chi connectivity index (χ0v) is 11.8. The molecule has 0 radical (unpaired) electrons. The molecule has 0 saturated carbocycles. The first kappa shape index (κ1) is 15.1. The molecule has 1 unspecified atom stereocenters. The number of aliphatic hydroxyl groups excluding tert-OH is 4. The third-order valence-electron chi connectivity index (χ3n) is 3.93. The van der Waals surface area contributed by atoms with Crippen LogP contribution < -0.4 is 0 Å². The lowest BCUT2D eigenvalue weighted by molar-refractivity contribution is -0.231. The van der Waals surface area contributed by atoms with Crippen molar-refractivity contribution in [3.63, 3.8) is 0 Å². The Morgan fingerprint density at radius 1 is 1.18 bits per heavy atom. The summed E-state index contributed by atoms with van der Waals surface area (Å²) in [5.74, 6) is 0. The van der Waals surface area contributed by atoms with E-state index in [0.717, 1.165) is 0 Å². The van der Waals surface area contributed by atoms with Crippen molar-refractivity contribution in [2.24, 2.45) is 0 Å². The molecule has 9 heteroatoms. The zero-order chi connectivity index (χ0) is 15.9. The maximum absolute atomic E-state index is 10.3. The smallest absolute Gasteiger partial charge is 0.116 e. The van der Waals surface area contributed by atoms with Crippen molar-refractivity contribution < 1.29 is 25.2 Å². The Hall–Kier alpha value is -1.78. The maximum Gasteiger partial charge on any atom is 0.116 e. The Morgan fingerprint density at radius 3 is 2.59 bits per heavy atom. The van der Waals surface area contributed by atoms with Crippen LogP contribution in [-0.4, -0.2) is 71.8 Å². The number of nitrogens with zero attached hydrogens (tertiary/aromatic N) is 2. The highest BCUT2D eigenvalue weighted by atomic mass is 16.5. The summed E-state index contributed by atoms with van der Waals surface area (Å²) in [6.07, 6.45) is -4.45. The Labute approximate surface area is 125 Å². The van der Waals surface area contributed by atoms with Crippen LogP contribution in [0.1, 0.15) is 17.4 Å². The number of hydrogen-bond donors (Lipinski definition) is 6. The lowest BCUT2D eigenvalue weighted by Crippen LogP contribution is -2.55. The van der Waals surface area contributed by atoms with E-state index >= 15 is 0 Å². The fourth-order valence-corrected chi connectivity index (χ4v) is 2.72. The summed E-state index contributed by atoms with van der Waals surface area (Å²) >= 11 is 0. The molecule has 0 amide bonds. The fraction of sp³-hybridized carbons (Fsp3) is 0.538. The first-order chi connectivity index (χ1) is 10.5. The monoisotopic (exact) mass is 310 g/mol. The van der Waals surface area contributed by atoms with Crippen molar-refractivity contribution >= 4 is 0 Å². The third-order valence-corrected chi connectivity index (χ3v) is 3.93. The van der Waals surface area contributed by atoms with Gasteiger partial charge in [-0.2, -0.15) is 10.2 Å². The molecule has 0 bridgehead atoms. The lowest BCUT2D eigenvalue weighted by Gasteiger charge is -2.40. The molecule has 0 spiro atoms. The van der Waals surface area contributed by atoms with Gasteiger partial charge in [0.1, 0.15) is 36.2 Å². The molecule has 6 N–H and O–H groups in total. The standard InChI is InChI=1S/C13H18N4O5/c1-5-8(9(17-15-5)6-2-3-14-16-6)13-12(21)11(20)10(19)7(4-18)22-13/h2-3,7,10-13,18-21H,4H2,1H3,(H,14,16)(H,15,17)/t7-,10-,11+,12-,13?/m1/s1. The van der Waals surface area contributed by atoms with Crippen LogP contribution in [0.5, 0.6) is 0 Å². The average molecular weight is 310 g/mol. The molecule has 1 saturated heterocycles. The second-order valence-corrected chi connectivity index (χ2v) is 5.31. The normalized spacial score (nSPS) is 32.3. The van der Waals surface area contributed by atoms with Gasteiger partial charge in [-0.1, -0.05) is 0 Å². The minimum atomic E-state index is -1.43. The van der Waals surface area contributed by atoms with Gasteiger partial charge in [-0.25, -0.2) is 0 Å². The van der Waals surface area contributed by atoms with E-state index in [1.807, 2.05) is 0 Å². The van der Waals surface area contributed by atoms with Crippen LogP contribution in [-0.2, 0) is 4.74 Å². The number of aromatic amines is 2. The molecule has 2 aromatic heterocycles. The Bertz CT molecular complexity index is 626. The first-order valence-electron chi connectivity index (χ1n) is 6.90. The summed E-state index contributed by atoms with van der Waals surface area (Å²) in [7, 11) is 0. The quantitative estimate of drug-likeness (QED) is 0.409. The first-order valence-corrected chi connectivity index (χ1v) is 6.90. The van der Waals surface area contributed by atoms with Crippen LogP contribution in [0.4, 0.5) is 0 Å². The van der Waals surface area contributed by atoms with Gasteiger partial charge in [-0.15, -0.1) is 0 Å². The van der Waals surface area contributed by atoms with Crippen LogP contribution in [0.2, 0.25) is 0 Å². The van der Waals surface area contributed by atoms with E-state index in [4.69, 9.17) is 4.74 Å². The second kappa shape index (κ2) is 5.78. The molecule has 3 rings (SSSR count). The van der Waals surface area contributed by atoms with Gasteiger partial charge >= 0.3 is 0 Å². The number of aryl methyl sites for hydroxylation is 1. The molecule has 3 heterocycles. The van der Waals surface area contributed by atoms with E-state index in [-0.39, 0.29) is 0 Å². The van der Waals surface area contributed by atoms with Crippen molar-refractivity contribution in [1.29, 1.82) is 0 Å². The molecule has 0 aromatic carbocycles. The van der Waals surface area contributed by atoms with E-state index in [1.165, 1.54) is 0 Å². The summed E-state index contributed by atoms with van der Waals surface area (Å²) in [6, 6.07) is 1.72. The molecule has 2 aromatic rings. The van der Waals surface area contributed by atoms with Gasteiger partial charge in [-0.3, -0.25) is 10.2 Å². The van der Waals surface area contributed by atoms with E-state index in [1.54, 1.807) is 19.2 Å². The summed E-state index contributed by atoms with van der Waals surface area (Å²) < 4.78 is 5.59. The van der Waals surface area contributed by atoms with E-state index in [0.29, 0.717) is 22.6 Å². The number of aromatic nitrogens is 4. The zero-order valence-electron chi connectivity index (χ0n) is 11.8. The van der Waals surface area contributed by atoms with E-state index < -0.39 is 37.1 Å². The Morgan fingerprint density at radius 2 is 1.95 bits per heavy atom. The molecular formula is C13H18N4O5. The molecule has 1 aliphatic heterocycles. The fourth-order valence-electron chi connectivity index (χ4n) is 2.72. The van der Waals surface area contributed by atoms with Crippen LogP contribution >= 0.6 is 0 Å². The highest BCUT2D eigenvalue weighted by molar-refractivity contribution is 5.60. The molecule has 1 fully saturated rings. The predicted octanol–water partition coefficient (Wildman–Crippen LogP) is -1.38. The average Bonchev–Trinajstić information content (AvgIpc) is 3.15. The number of rotatable bonds is 3. The van der Waals surface area contributed by atoms with Gasteiger partial charge in [0.15, 0.2) is 0 Å². The van der Waals surface area contributed by atoms with Gasteiger partial charge in [0.25, 0.3) is 0 Å². The summed E-state index contributed by atoms with van der Waals surface area (Å²) in [5.41, 5.74) is 2.22. The number of hydrogen-bond acceptors (Lipinski definition) is 7. The molecule has 120 valence electrons. The van der Waals surface area contributed by atoms with Crippen molar-refractivity contribution in [1.82, 2.24) is 20.4 Å². The Kier molecular flexibility index (Phi) is 3.98. The van der Waals surface area contributed by atoms with Crippen molar-refractivity contribution in [3.05, 3.63) is 23.5 Å². The summed E-state index contributed by atoms with van der Waals surface area (Å²) in [6.45, 7) is 1.25. The molecule has 0 aliphatic carbocycles. The highest BCUT2D eigenvalue weighted by Gasteiger charge is 2.45. The predicted molar refractivity (Wildman–Crippen MR) is 73.6 cm³/mol. The van der Waals surface area contributed by atoms with Gasteiger partial charge < -0.3 is 25.2 Å². The second-order valence-electron chi connectivity index (χ2n) is 5.31. The van der Waals surface area contributed by atoms with Crippen molar-refractivity contribution in [2.45, 2.75) is 37.4 Å². The SMILES string of the molecule is Cc1n[nH]c(-c2cc[nH]n2)c1C1O[C@H](CO)[C@@H](O)[C@H](O)[C@H]1O. The molecule has 1 aliphatic rings. The molecule has 9 nitrogen and oxygen atoms in total. The van der Waals surface area contributed by atoms with Gasteiger partial charge in [0, 0.05) is 11.8 Å². The maximum atomic E-state index is 10.3. The number of H-pyrrole nitrogens is 2. The van der Waals surface area contributed by atoms with Crippen LogP contribution in [0.15, 0.2) is 12.3 Å². The van der Waals surface area contributed by atoms with Crippen molar-refractivity contribution in [3.8, 4) is 11.4 Å². The van der Waals surface area contributed by atoms with E-state index in [2.05, 4.69) is 20.4 Å². The molecular weight excluding hydrogens is 292 g/mol. The lowest BCUT2D eigenvalue weighted by atomic mass is 9.90. The van der Waals surface area contributed by atoms with Crippen LogP contribution in [0.3, 0.4) is 0 Å². The van der Waals surface area contributed by atoms with Crippen LogP contribution in [0.25, 0.3) is 11.4 Å². The third kappa shape index (κ3) is 2.32. The Balaban J connectivity index is 2.01. The van der Waals surface area contributed by atoms with Crippen molar-refractivity contribution in [2.75, 3.05) is 6.61 Å². The number of nitrogens with one attached hydrogen (secondary N) is 2. The van der Waals surface area contributed by atoms with E-state index in [9.17, 15) is 20.4 Å². The number of aliphatic hydroxyl groups is 4. The minimum Gasteiger partial charge on any atom is -0.394 e. The van der Waals surface area contributed by atoms with Gasteiger partial charge in [0.2, 0.25) is 0 Å². The topological polar surface area (TPSA) is 148 Å². The van der Waals surface area contributed by atoms with Gasteiger partial charge in [0.05, 0.1) is 18.0 Å². The molecule has 22 heavy (non-hydrogen) atoms. The largest absolute Gasteiger partial charge is 0.394 e. The minimum absolute atomic E-state index is 0.476. The number of ether oxygens (including phenoxy) is 1. The highest BCUT2D eigenvalue weighted by Crippen LogP contribution is 2.37. The van der Waals surface area contributed by atoms with Gasteiger partial charge in [-0.05, 0) is 13.0 Å². The summed E-state index contributed by atoms with van der Waals surface area (Å²) in [4.78, 5) is 0. The molecule has 5 atom stereocenters. The summed E-state index contributed by atoms with van der Waals surface area (Å²) in [5, 5.41) is 53.0.